The maximum absolute atomic E-state index is 12.6. The molecule has 2 aliphatic rings. The van der Waals surface area contributed by atoms with E-state index in [9.17, 15) is 14.7 Å². The van der Waals surface area contributed by atoms with E-state index in [1.54, 1.807) is 6.07 Å². The molecule has 6 heteroatoms. The van der Waals surface area contributed by atoms with Crippen LogP contribution < -0.4 is 5.56 Å². The van der Waals surface area contributed by atoms with Gasteiger partial charge < -0.3 is 10.0 Å². The Hall–Kier alpha value is -1.69. The van der Waals surface area contributed by atoms with Crippen molar-refractivity contribution in [2.24, 2.45) is 5.92 Å². The molecule has 132 valence electrons. The fraction of sp³-hybridized carbons (Fsp3) is 0.722. The summed E-state index contributed by atoms with van der Waals surface area (Å²) in [5.74, 6) is 0.151. The molecule has 2 atom stereocenters. The third kappa shape index (κ3) is 3.24. The molecular formula is C18H27N3O3. The first-order valence-corrected chi connectivity index (χ1v) is 8.88. The van der Waals surface area contributed by atoms with E-state index in [0.717, 1.165) is 25.0 Å². The number of aromatic nitrogens is 2. The summed E-state index contributed by atoms with van der Waals surface area (Å²) in [5, 5.41) is 15.4. The third-order valence-electron chi connectivity index (χ3n) is 5.29. The highest BCUT2D eigenvalue weighted by Crippen LogP contribution is 2.40. The second-order valence-corrected chi connectivity index (χ2v) is 7.74. The van der Waals surface area contributed by atoms with Gasteiger partial charge in [0.1, 0.15) is 0 Å². The van der Waals surface area contributed by atoms with Crippen molar-refractivity contribution in [2.45, 2.75) is 77.1 Å². The van der Waals surface area contributed by atoms with E-state index in [-0.39, 0.29) is 36.0 Å². The number of amides is 1. The Bertz CT molecular complexity index is 668. The second-order valence-electron chi connectivity index (χ2n) is 7.74. The smallest absolute Gasteiger partial charge is 0.266 e. The lowest BCUT2D eigenvalue weighted by molar-refractivity contribution is -0.156. The zero-order valence-corrected chi connectivity index (χ0v) is 14.7. The fourth-order valence-corrected chi connectivity index (χ4v) is 4.26. The summed E-state index contributed by atoms with van der Waals surface area (Å²) in [6, 6.07) is 3.31. The Labute approximate surface area is 142 Å². The maximum atomic E-state index is 12.6. The van der Waals surface area contributed by atoms with Crippen molar-refractivity contribution >= 4 is 5.91 Å². The lowest BCUT2D eigenvalue weighted by atomic mass is 9.75. The number of aryl methyl sites for hydroxylation is 1. The van der Waals surface area contributed by atoms with Crippen LogP contribution in [0.1, 0.15) is 51.6 Å². The van der Waals surface area contributed by atoms with Gasteiger partial charge in [0, 0.05) is 24.1 Å². The quantitative estimate of drug-likeness (QED) is 0.909. The van der Waals surface area contributed by atoms with Crippen LogP contribution in [0.5, 0.6) is 0 Å². The van der Waals surface area contributed by atoms with E-state index in [1.165, 1.54) is 10.7 Å². The molecule has 0 radical (unpaired) electrons. The minimum absolute atomic E-state index is 0.0275. The van der Waals surface area contributed by atoms with Gasteiger partial charge in [-0.15, -0.1) is 0 Å². The van der Waals surface area contributed by atoms with Crippen LogP contribution in [0.3, 0.4) is 0 Å². The van der Waals surface area contributed by atoms with Crippen LogP contribution in [0, 0.1) is 12.8 Å². The van der Waals surface area contributed by atoms with Crippen molar-refractivity contribution in [1.29, 1.82) is 0 Å². The molecule has 1 amide bonds. The Kier molecular flexibility index (Phi) is 4.51. The molecule has 3 heterocycles. The van der Waals surface area contributed by atoms with E-state index >= 15 is 0 Å². The normalized spacial score (nSPS) is 29.8. The van der Waals surface area contributed by atoms with Gasteiger partial charge in [-0.25, -0.2) is 4.68 Å². The number of nitrogens with zero attached hydrogens (tertiary/aromatic N) is 3. The summed E-state index contributed by atoms with van der Waals surface area (Å²) in [6.07, 6.45) is 3.98. The van der Waals surface area contributed by atoms with Gasteiger partial charge in [-0.3, -0.25) is 9.59 Å². The average Bonchev–Trinajstić information content (AvgIpc) is 2.49. The van der Waals surface area contributed by atoms with E-state index in [2.05, 4.69) is 5.10 Å². The molecule has 6 nitrogen and oxygen atoms in total. The van der Waals surface area contributed by atoms with Crippen LogP contribution in [0.25, 0.3) is 0 Å². The Morgan fingerprint density at radius 2 is 1.96 bits per heavy atom. The number of carbonyl (C=O) groups excluding carboxylic acids is 1. The summed E-state index contributed by atoms with van der Waals surface area (Å²) in [4.78, 5) is 26.6. The Balaban J connectivity index is 1.83. The van der Waals surface area contributed by atoms with Crippen molar-refractivity contribution in [3.63, 3.8) is 0 Å². The first kappa shape index (κ1) is 17.1. The summed E-state index contributed by atoms with van der Waals surface area (Å²) in [7, 11) is 0. The zero-order valence-electron chi connectivity index (χ0n) is 14.7. The molecule has 1 aromatic heterocycles. The van der Waals surface area contributed by atoms with Crippen LogP contribution in [0.15, 0.2) is 16.9 Å². The number of carbonyl (C=O) groups is 1. The monoisotopic (exact) mass is 333 g/mol. The number of rotatable bonds is 3. The largest absolute Gasteiger partial charge is 0.388 e. The van der Waals surface area contributed by atoms with E-state index < -0.39 is 5.60 Å². The molecule has 0 aliphatic carbocycles. The molecule has 2 bridgehead atoms. The van der Waals surface area contributed by atoms with Crippen molar-refractivity contribution in [1.82, 2.24) is 14.7 Å². The third-order valence-corrected chi connectivity index (χ3v) is 5.29. The lowest BCUT2D eigenvalue weighted by Crippen LogP contribution is -2.61. The first-order chi connectivity index (χ1) is 11.3. The molecule has 1 aromatic rings. The predicted octanol–water partition coefficient (Wildman–Crippen LogP) is 1.48. The molecule has 0 aromatic carbocycles. The van der Waals surface area contributed by atoms with Gasteiger partial charge in [0.05, 0.1) is 17.8 Å². The molecule has 2 fully saturated rings. The van der Waals surface area contributed by atoms with Gasteiger partial charge in [0.2, 0.25) is 5.91 Å². The molecule has 0 spiro atoms. The molecule has 2 unspecified atom stereocenters. The lowest BCUT2D eigenvalue weighted by Gasteiger charge is -2.52. The first-order valence-electron chi connectivity index (χ1n) is 8.88. The molecule has 3 rings (SSSR count). The second kappa shape index (κ2) is 6.31. The topological polar surface area (TPSA) is 75.4 Å². The van der Waals surface area contributed by atoms with E-state index in [4.69, 9.17) is 0 Å². The SMILES string of the molecule is Cc1ccc(=O)n(CC2(O)CC3CCCC(C2)N3C(=O)C(C)C)n1. The highest BCUT2D eigenvalue weighted by Gasteiger charge is 2.47. The minimum Gasteiger partial charge on any atom is -0.388 e. The molecule has 1 N–H and O–H groups in total. The number of hydrogen-bond donors (Lipinski definition) is 1. The number of aliphatic hydroxyl groups is 1. The van der Waals surface area contributed by atoms with Gasteiger partial charge in [0.25, 0.3) is 5.56 Å². The molecule has 24 heavy (non-hydrogen) atoms. The highest BCUT2D eigenvalue weighted by molar-refractivity contribution is 5.79. The van der Waals surface area contributed by atoms with Gasteiger partial charge in [-0.05, 0) is 45.1 Å². The summed E-state index contributed by atoms with van der Waals surface area (Å²) < 4.78 is 1.37. The minimum atomic E-state index is -0.978. The molecule has 0 saturated carbocycles. The zero-order chi connectivity index (χ0) is 17.5. The molecule has 2 saturated heterocycles. The van der Waals surface area contributed by atoms with Crippen LogP contribution in [0.4, 0.5) is 0 Å². The van der Waals surface area contributed by atoms with Crippen LogP contribution >= 0.6 is 0 Å². The number of fused-ring (bicyclic) bond motifs is 2. The van der Waals surface area contributed by atoms with Gasteiger partial charge in [-0.1, -0.05) is 13.8 Å². The summed E-state index contributed by atoms with van der Waals surface area (Å²) in [5.41, 5.74) is -0.417. The van der Waals surface area contributed by atoms with Crippen LogP contribution in [-0.4, -0.2) is 43.4 Å². The van der Waals surface area contributed by atoms with Crippen molar-refractivity contribution in [3.8, 4) is 0 Å². The Morgan fingerprint density at radius 1 is 1.33 bits per heavy atom. The fourth-order valence-electron chi connectivity index (χ4n) is 4.26. The molecular weight excluding hydrogens is 306 g/mol. The summed E-state index contributed by atoms with van der Waals surface area (Å²) >= 11 is 0. The predicted molar refractivity (Wildman–Crippen MR) is 90.5 cm³/mol. The van der Waals surface area contributed by atoms with E-state index in [1.807, 2.05) is 25.7 Å². The van der Waals surface area contributed by atoms with Crippen molar-refractivity contribution in [3.05, 3.63) is 28.2 Å². The molecule has 2 aliphatic heterocycles. The number of hydrogen-bond acceptors (Lipinski definition) is 4. The summed E-state index contributed by atoms with van der Waals surface area (Å²) in [6.45, 7) is 5.88. The van der Waals surface area contributed by atoms with Crippen LogP contribution in [0.2, 0.25) is 0 Å². The van der Waals surface area contributed by atoms with Crippen molar-refractivity contribution < 1.29 is 9.90 Å². The van der Waals surface area contributed by atoms with Gasteiger partial charge >= 0.3 is 0 Å². The number of piperidine rings is 2. The standard InChI is InChI=1S/C18H27N3O3/c1-12(2)17(23)21-14-5-4-6-15(21)10-18(24,9-14)11-20-16(22)8-7-13(3)19-20/h7-8,12,14-15,24H,4-6,9-11H2,1-3H3. The average molecular weight is 333 g/mol. The van der Waals surface area contributed by atoms with Gasteiger partial charge in [-0.2, -0.15) is 5.10 Å². The van der Waals surface area contributed by atoms with Crippen molar-refractivity contribution in [2.75, 3.05) is 0 Å². The highest BCUT2D eigenvalue weighted by atomic mass is 16.3. The van der Waals surface area contributed by atoms with Crippen LogP contribution in [-0.2, 0) is 11.3 Å². The Morgan fingerprint density at radius 3 is 2.54 bits per heavy atom. The van der Waals surface area contributed by atoms with E-state index in [0.29, 0.717) is 12.8 Å². The maximum Gasteiger partial charge on any atom is 0.266 e. The van der Waals surface area contributed by atoms with Gasteiger partial charge in [0.15, 0.2) is 0 Å².